The van der Waals surface area contributed by atoms with Crippen LogP contribution in [0.25, 0.3) is 0 Å². The highest BCUT2D eigenvalue weighted by Gasteiger charge is 2.12. The van der Waals surface area contributed by atoms with Gasteiger partial charge in [-0.3, -0.25) is 4.79 Å². The van der Waals surface area contributed by atoms with Crippen molar-refractivity contribution in [3.63, 3.8) is 0 Å². The summed E-state index contributed by atoms with van der Waals surface area (Å²) in [7, 11) is 0. The second-order valence-electron chi connectivity index (χ2n) is 5.57. The van der Waals surface area contributed by atoms with E-state index in [2.05, 4.69) is 4.74 Å². The predicted octanol–water partition coefficient (Wildman–Crippen LogP) is 5.26. The summed E-state index contributed by atoms with van der Waals surface area (Å²) in [5.41, 5.74) is 0.901. The number of carbonyl (C=O) groups is 2. The van der Waals surface area contributed by atoms with Gasteiger partial charge in [0.25, 0.3) is 0 Å². The lowest BCUT2D eigenvalue weighted by atomic mass is 10.2. The number of benzene rings is 2. The van der Waals surface area contributed by atoms with Gasteiger partial charge in [0.05, 0.1) is 11.6 Å². The van der Waals surface area contributed by atoms with Gasteiger partial charge in [0.2, 0.25) is 0 Å². The van der Waals surface area contributed by atoms with Crippen molar-refractivity contribution >= 4 is 46.7 Å². The molecule has 0 heterocycles. The first-order valence-electron chi connectivity index (χ1n) is 8.05. The van der Waals surface area contributed by atoms with Crippen LogP contribution in [-0.2, 0) is 14.3 Å². The SMILES string of the molecule is Cc1cc(Cl)ccc1OCCCC(=O)OC(=O)COc1ccc(Cl)cc1Cl. The third kappa shape index (κ3) is 7.29. The summed E-state index contributed by atoms with van der Waals surface area (Å²) in [5.74, 6) is -0.489. The minimum absolute atomic E-state index is 0.0417. The van der Waals surface area contributed by atoms with Gasteiger partial charge < -0.3 is 14.2 Å². The number of hydrogen-bond donors (Lipinski definition) is 0. The van der Waals surface area contributed by atoms with E-state index in [4.69, 9.17) is 44.3 Å². The first-order valence-corrected chi connectivity index (χ1v) is 9.19. The molecule has 5 nitrogen and oxygen atoms in total. The average Bonchev–Trinajstić information content (AvgIpc) is 2.59. The van der Waals surface area contributed by atoms with Gasteiger partial charge in [0, 0.05) is 16.5 Å². The Morgan fingerprint density at radius 2 is 1.56 bits per heavy atom. The van der Waals surface area contributed by atoms with E-state index >= 15 is 0 Å². The topological polar surface area (TPSA) is 61.8 Å². The van der Waals surface area contributed by atoms with Crippen LogP contribution >= 0.6 is 34.8 Å². The lowest BCUT2D eigenvalue weighted by molar-refractivity contribution is -0.161. The molecule has 0 aliphatic rings. The van der Waals surface area contributed by atoms with Crippen LogP contribution in [-0.4, -0.2) is 25.2 Å². The van der Waals surface area contributed by atoms with E-state index in [0.29, 0.717) is 28.8 Å². The summed E-state index contributed by atoms with van der Waals surface area (Å²) >= 11 is 17.6. The van der Waals surface area contributed by atoms with Crippen molar-refractivity contribution in [2.45, 2.75) is 19.8 Å². The summed E-state index contributed by atoms with van der Waals surface area (Å²) in [6.45, 7) is 1.75. The van der Waals surface area contributed by atoms with Crippen LogP contribution in [0.15, 0.2) is 36.4 Å². The van der Waals surface area contributed by atoms with Crippen LogP contribution in [0.2, 0.25) is 15.1 Å². The minimum atomic E-state index is -0.805. The monoisotopic (exact) mass is 430 g/mol. The lowest BCUT2D eigenvalue weighted by Gasteiger charge is -2.09. The van der Waals surface area contributed by atoms with Crippen molar-refractivity contribution in [2.75, 3.05) is 13.2 Å². The first-order chi connectivity index (χ1) is 12.8. The third-order valence-electron chi connectivity index (χ3n) is 3.39. The Hall–Kier alpha value is -1.95. The Kier molecular flexibility index (Phi) is 8.23. The van der Waals surface area contributed by atoms with Crippen LogP contribution in [0.4, 0.5) is 0 Å². The third-order valence-corrected chi connectivity index (χ3v) is 4.15. The van der Waals surface area contributed by atoms with Gasteiger partial charge in [-0.1, -0.05) is 34.8 Å². The number of ether oxygens (including phenoxy) is 3. The maximum absolute atomic E-state index is 11.7. The summed E-state index contributed by atoms with van der Waals surface area (Å²) in [4.78, 5) is 23.3. The van der Waals surface area contributed by atoms with Crippen LogP contribution in [0.3, 0.4) is 0 Å². The van der Waals surface area contributed by atoms with Gasteiger partial charge in [0.15, 0.2) is 6.61 Å². The largest absolute Gasteiger partial charge is 0.493 e. The Morgan fingerprint density at radius 1 is 0.889 bits per heavy atom. The lowest BCUT2D eigenvalue weighted by Crippen LogP contribution is -2.19. The molecule has 27 heavy (non-hydrogen) atoms. The molecular weight excluding hydrogens is 415 g/mol. The van der Waals surface area contributed by atoms with Gasteiger partial charge in [-0.05, 0) is 55.3 Å². The molecule has 0 bridgehead atoms. The molecule has 0 saturated heterocycles. The molecule has 0 unspecified atom stereocenters. The fraction of sp³-hybridized carbons (Fsp3) is 0.263. The van der Waals surface area contributed by atoms with Crippen molar-refractivity contribution in [3.8, 4) is 11.5 Å². The van der Waals surface area contributed by atoms with E-state index in [1.54, 1.807) is 24.3 Å². The molecule has 0 saturated carbocycles. The van der Waals surface area contributed by atoms with E-state index in [1.165, 1.54) is 12.1 Å². The molecule has 0 aliphatic heterocycles. The van der Waals surface area contributed by atoms with Crippen molar-refractivity contribution in [1.29, 1.82) is 0 Å². The van der Waals surface area contributed by atoms with Crippen molar-refractivity contribution in [2.24, 2.45) is 0 Å². The van der Waals surface area contributed by atoms with Gasteiger partial charge in [-0.15, -0.1) is 0 Å². The summed E-state index contributed by atoms with van der Waals surface area (Å²) in [5, 5.41) is 1.33. The molecule has 2 rings (SSSR count). The van der Waals surface area contributed by atoms with Gasteiger partial charge >= 0.3 is 11.9 Å². The maximum Gasteiger partial charge on any atom is 0.351 e. The molecule has 2 aromatic rings. The molecule has 0 N–H and O–H groups in total. The highest BCUT2D eigenvalue weighted by atomic mass is 35.5. The second kappa shape index (κ2) is 10.4. The first kappa shape index (κ1) is 21.4. The van der Waals surface area contributed by atoms with Crippen LogP contribution < -0.4 is 9.47 Å². The Bertz CT molecular complexity index is 823. The zero-order valence-electron chi connectivity index (χ0n) is 14.5. The predicted molar refractivity (Wildman–Crippen MR) is 104 cm³/mol. The van der Waals surface area contributed by atoms with Gasteiger partial charge in [-0.2, -0.15) is 0 Å². The molecule has 8 heteroatoms. The Labute approximate surface area is 172 Å². The van der Waals surface area contributed by atoms with Gasteiger partial charge in [0.1, 0.15) is 11.5 Å². The standard InChI is InChI=1S/C19H17Cl3O5/c1-12-9-13(20)4-6-16(12)25-8-2-3-18(23)27-19(24)11-26-17-7-5-14(21)10-15(17)22/h4-7,9-10H,2-3,8,11H2,1H3. The molecule has 2 aromatic carbocycles. The molecule has 0 spiro atoms. The zero-order valence-corrected chi connectivity index (χ0v) is 16.7. The number of aryl methyl sites for hydroxylation is 1. The zero-order chi connectivity index (χ0) is 19.8. The highest BCUT2D eigenvalue weighted by molar-refractivity contribution is 6.35. The van der Waals surface area contributed by atoms with Crippen molar-refractivity contribution in [3.05, 3.63) is 57.0 Å². The molecular formula is C19H17Cl3O5. The summed E-state index contributed by atoms with van der Waals surface area (Å²) < 4.78 is 15.5. The second-order valence-corrected chi connectivity index (χ2v) is 6.85. The summed E-state index contributed by atoms with van der Waals surface area (Å²) in [6, 6.07) is 9.86. The molecule has 0 amide bonds. The highest BCUT2D eigenvalue weighted by Crippen LogP contribution is 2.27. The average molecular weight is 432 g/mol. The van der Waals surface area contributed by atoms with Crippen molar-refractivity contribution < 1.29 is 23.8 Å². The van der Waals surface area contributed by atoms with Crippen LogP contribution in [0.5, 0.6) is 11.5 Å². The molecule has 0 aliphatic carbocycles. The van der Waals surface area contributed by atoms with Crippen molar-refractivity contribution in [1.82, 2.24) is 0 Å². The number of rotatable bonds is 8. The molecule has 0 aromatic heterocycles. The van der Waals surface area contributed by atoms with Crippen LogP contribution in [0, 0.1) is 6.92 Å². The minimum Gasteiger partial charge on any atom is -0.493 e. The molecule has 0 fully saturated rings. The Balaban J connectivity index is 1.66. The number of carbonyl (C=O) groups excluding carboxylic acids is 2. The van der Waals surface area contributed by atoms with E-state index < -0.39 is 18.5 Å². The van der Waals surface area contributed by atoms with Crippen LogP contribution in [0.1, 0.15) is 18.4 Å². The molecule has 0 radical (unpaired) electrons. The number of halogens is 3. The number of esters is 2. The molecule has 144 valence electrons. The summed E-state index contributed by atoms with van der Waals surface area (Å²) in [6.07, 6.45) is 0.443. The normalized spacial score (nSPS) is 10.4. The van der Waals surface area contributed by atoms with E-state index in [9.17, 15) is 9.59 Å². The fourth-order valence-corrected chi connectivity index (χ4v) is 2.80. The van der Waals surface area contributed by atoms with Gasteiger partial charge in [-0.25, -0.2) is 4.79 Å². The smallest absolute Gasteiger partial charge is 0.351 e. The van der Waals surface area contributed by atoms with E-state index in [0.717, 1.165) is 5.56 Å². The fourth-order valence-electron chi connectivity index (χ4n) is 2.11. The maximum atomic E-state index is 11.7. The Morgan fingerprint density at radius 3 is 2.22 bits per heavy atom. The quantitative estimate of drug-likeness (QED) is 0.324. The van der Waals surface area contributed by atoms with E-state index in [1.807, 2.05) is 6.92 Å². The molecule has 0 atom stereocenters. The number of hydrogen-bond acceptors (Lipinski definition) is 5. The van der Waals surface area contributed by atoms with E-state index in [-0.39, 0.29) is 17.2 Å².